The van der Waals surface area contributed by atoms with Crippen LogP contribution in [0, 0.1) is 0 Å². The summed E-state index contributed by atoms with van der Waals surface area (Å²) >= 11 is 0. The second kappa shape index (κ2) is 4.75. The van der Waals surface area contributed by atoms with Gasteiger partial charge in [-0.05, 0) is 26.8 Å². The Hall–Kier alpha value is -0.610. The van der Waals surface area contributed by atoms with E-state index in [1.165, 1.54) is 12.8 Å². The van der Waals surface area contributed by atoms with Crippen molar-refractivity contribution >= 4 is 5.91 Å². The van der Waals surface area contributed by atoms with E-state index in [1.54, 1.807) is 0 Å². The van der Waals surface area contributed by atoms with Crippen LogP contribution in [0.1, 0.15) is 19.8 Å². The average Bonchev–Trinajstić information content (AvgIpc) is 2.83. The molecule has 0 aromatic carbocycles. The first kappa shape index (κ1) is 11.5. The molecule has 4 nitrogen and oxygen atoms in total. The van der Waals surface area contributed by atoms with E-state index in [2.05, 4.69) is 0 Å². The number of nitrogens with two attached hydrogens (primary N) is 1. The molecular weight excluding hydrogens is 178 g/mol. The average molecular weight is 199 g/mol. The molecule has 82 valence electrons. The Morgan fingerprint density at radius 2 is 2.07 bits per heavy atom. The second-order valence-electron chi connectivity index (χ2n) is 4.41. The van der Waals surface area contributed by atoms with Gasteiger partial charge in [0, 0.05) is 25.7 Å². The maximum atomic E-state index is 11.7. The van der Waals surface area contributed by atoms with Crippen molar-refractivity contribution in [2.75, 3.05) is 27.2 Å². The van der Waals surface area contributed by atoms with Gasteiger partial charge in [0.15, 0.2) is 0 Å². The predicted octanol–water partition coefficient (Wildman–Crippen LogP) is -0.114. The largest absolute Gasteiger partial charge is 0.342 e. The van der Waals surface area contributed by atoms with Crippen LogP contribution in [0.5, 0.6) is 0 Å². The lowest BCUT2D eigenvalue weighted by Crippen LogP contribution is -2.41. The van der Waals surface area contributed by atoms with Gasteiger partial charge in [0.1, 0.15) is 0 Å². The van der Waals surface area contributed by atoms with Gasteiger partial charge in [0.25, 0.3) is 0 Å². The highest BCUT2D eigenvalue weighted by molar-refractivity contribution is 5.78. The highest BCUT2D eigenvalue weighted by Gasteiger charge is 2.29. The normalized spacial score (nSPS) is 18.4. The Labute approximate surface area is 86.0 Å². The van der Waals surface area contributed by atoms with E-state index in [4.69, 9.17) is 5.73 Å². The fraction of sp³-hybridized carbons (Fsp3) is 0.900. The van der Waals surface area contributed by atoms with Crippen LogP contribution in [0.25, 0.3) is 0 Å². The quantitative estimate of drug-likeness (QED) is 0.672. The molecule has 0 radical (unpaired) electrons. The zero-order chi connectivity index (χ0) is 10.7. The molecule has 0 saturated heterocycles. The fourth-order valence-corrected chi connectivity index (χ4v) is 1.56. The van der Waals surface area contributed by atoms with Crippen LogP contribution in [0.4, 0.5) is 0 Å². The monoisotopic (exact) mass is 199 g/mol. The zero-order valence-corrected chi connectivity index (χ0v) is 9.36. The minimum absolute atomic E-state index is 0.124. The number of carbonyl (C=O) groups is 1. The molecule has 0 aromatic rings. The molecule has 1 saturated carbocycles. The zero-order valence-electron chi connectivity index (χ0n) is 9.36. The van der Waals surface area contributed by atoms with Gasteiger partial charge < -0.3 is 10.6 Å². The van der Waals surface area contributed by atoms with Crippen LogP contribution < -0.4 is 5.73 Å². The highest BCUT2D eigenvalue weighted by Crippen LogP contribution is 2.25. The molecule has 0 bridgehead atoms. The first-order chi connectivity index (χ1) is 6.50. The standard InChI is InChI=1S/C10H21N3O/c1-8(11)6-12(2)7-10(14)13(3)9-4-5-9/h8-9H,4-7,11H2,1-3H3. The van der Waals surface area contributed by atoms with Crippen molar-refractivity contribution < 1.29 is 4.79 Å². The van der Waals surface area contributed by atoms with Crippen molar-refractivity contribution in [2.24, 2.45) is 5.73 Å². The van der Waals surface area contributed by atoms with Crippen molar-refractivity contribution in [3.05, 3.63) is 0 Å². The maximum absolute atomic E-state index is 11.7. The number of likely N-dealkylation sites (N-methyl/N-ethyl adjacent to an activating group) is 2. The molecule has 4 heteroatoms. The van der Waals surface area contributed by atoms with Crippen molar-refractivity contribution in [1.82, 2.24) is 9.80 Å². The maximum Gasteiger partial charge on any atom is 0.236 e. The lowest BCUT2D eigenvalue weighted by molar-refractivity contribution is -0.131. The third kappa shape index (κ3) is 3.64. The number of hydrogen-bond acceptors (Lipinski definition) is 3. The number of hydrogen-bond donors (Lipinski definition) is 1. The molecule has 0 spiro atoms. The molecule has 1 aliphatic rings. The molecule has 2 N–H and O–H groups in total. The molecule has 1 atom stereocenters. The minimum Gasteiger partial charge on any atom is -0.342 e. The van der Waals surface area contributed by atoms with Crippen LogP contribution in [0.2, 0.25) is 0 Å². The second-order valence-corrected chi connectivity index (χ2v) is 4.41. The van der Waals surface area contributed by atoms with Crippen molar-refractivity contribution in [3.8, 4) is 0 Å². The summed E-state index contributed by atoms with van der Waals surface area (Å²) in [6, 6.07) is 0.630. The Bertz CT molecular complexity index is 202. The third-order valence-corrected chi connectivity index (χ3v) is 2.49. The molecule has 14 heavy (non-hydrogen) atoms. The highest BCUT2D eigenvalue weighted by atomic mass is 16.2. The summed E-state index contributed by atoms with van der Waals surface area (Å²) < 4.78 is 0. The molecule has 1 fully saturated rings. The Balaban J connectivity index is 2.24. The lowest BCUT2D eigenvalue weighted by atomic mass is 10.3. The van der Waals surface area contributed by atoms with E-state index in [1.807, 2.05) is 30.8 Å². The van der Waals surface area contributed by atoms with Gasteiger partial charge in [0.05, 0.1) is 6.54 Å². The molecule has 0 heterocycles. The lowest BCUT2D eigenvalue weighted by Gasteiger charge is -2.22. The molecule has 1 rings (SSSR count). The van der Waals surface area contributed by atoms with Crippen molar-refractivity contribution in [1.29, 1.82) is 0 Å². The molecular formula is C10H21N3O. The van der Waals surface area contributed by atoms with Crippen LogP contribution in [-0.2, 0) is 4.79 Å². The number of nitrogens with zero attached hydrogens (tertiary/aromatic N) is 2. The first-order valence-corrected chi connectivity index (χ1v) is 5.20. The third-order valence-electron chi connectivity index (χ3n) is 2.49. The van der Waals surface area contributed by atoms with Crippen molar-refractivity contribution in [3.63, 3.8) is 0 Å². The van der Waals surface area contributed by atoms with Gasteiger partial charge >= 0.3 is 0 Å². The van der Waals surface area contributed by atoms with E-state index < -0.39 is 0 Å². The Morgan fingerprint density at radius 3 is 2.50 bits per heavy atom. The summed E-state index contributed by atoms with van der Waals surface area (Å²) in [7, 11) is 3.82. The van der Waals surface area contributed by atoms with Gasteiger partial charge in [-0.25, -0.2) is 0 Å². The van der Waals surface area contributed by atoms with Gasteiger partial charge in [0.2, 0.25) is 5.91 Å². The molecule has 0 aliphatic heterocycles. The van der Waals surface area contributed by atoms with Gasteiger partial charge in [-0.15, -0.1) is 0 Å². The number of carbonyl (C=O) groups excluding carboxylic acids is 1. The van der Waals surface area contributed by atoms with Gasteiger partial charge in [-0.3, -0.25) is 9.69 Å². The van der Waals surface area contributed by atoms with Crippen LogP contribution in [0.15, 0.2) is 0 Å². The summed E-state index contributed by atoms with van der Waals surface area (Å²) in [5.74, 6) is 0.204. The van der Waals surface area contributed by atoms with Crippen LogP contribution >= 0.6 is 0 Å². The molecule has 1 amide bonds. The Morgan fingerprint density at radius 1 is 1.50 bits per heavy atom. The van der Waals surface area contributed by atoms with Crippen LogP contribution in [0.3, 0.4) is 0 Å². The topological polar surface area (TPSA) is 49.6 Å². The molecule has 1 aliphatic carbocycles. The molecule has 1 unspecified atom stereocenters. The number of rotatable bonds is 5. The summed E-state index contributed by atoms with van der Waals surface area (Å²) in [6.07, 6.45) is 2.33. The van der Waals surface area contributed by atoms with E-state index >= 15 is 0 Å². The summed E-state index contributed by atoms with van der Waals surface area (Å²) in [4.78, 5) is 15.5. The predicted molar refractivity (Wildman–Crippen MR) is 56.9 cm³/mol. The van der Waals surface area contributed by atoms with E-state index in [0.29, 0.717) is 12.6 Å². The van der Waals surface area contributed by atoms with Gasteiger partial charge in [-0.1, -0.05) is 0 Å². The van der Waals surface area contributed by atoms with Gasteiger partial charge in [-0.2, -0.15) is 0 Å². The number of amides is 1. The first-order valence-electron chi connectivity index (χ1n) is 5.20. The summed E-state index contributed by atoms with van der Waals surface area (Å²) in [5.41, 5.74) is 5.65. The SMILES string of the molecule is CC(N)CN(C)CC(=O)N(C)C1CC1. The summed E-state index contributed by atoms with van der Waals surface area (Å²) in [5, 5.41) is 0. The Kier molecular flexibility index (Phi) is 3.89. The minimum atomic E-state index is 0.124. The fourth-order valence-electron chi connectivity index (χ4n) is 1.56. The van der Waals surface area contributed by atoms with Crippen molar-refractivity contribution in [2.45, 2.75) is 31.8 Å². The van der Waals surface area contributed by atoms with Crippen LogP contribution in [-0.4, -0.2) is 55.0 Å². The smallest absolute Gasteiger partial charge is 0.236 e. The van der Waals surface area contributed by atoms with E-state index in [-0.39, 0.29) is 11.9 Å². The van der Waals surface area contributed by atoms with E-state index in [9.17, 15) is 4.79 Å². The van der Waals surface area contributed by atoms with E-state index in [0.717, 1.165) is 6.54 Å². The summed E-state index contributed by atoms with van der Waals surface area (Å²) in [6.45, 7) is 3.20. The molecule has 0 aromatic heterocycles.